The van der Waals surface area contributed by atoms with Gasteiger partial charge in [0.1, 0.15) is 11.6 Å². The first kappa shape index (κ1) is 27.1. The number of nitrogens with zero attached hydrogens (tertiary/aromatic N) is 6. The maximum Gasteiger partial charge on any atom is 0.256 e. The van der Waals surface area contributed by atoms with Gasteiger partial charge in [-0.15, -0.1) is 0 Å². The molecule has 40 heavy (non-hydrogen) atoms. The molecular formula is C27H35ClN8O3S. The van der Waals surface area contributed by atoms with Gasteiger partial charge < -0.3 is 20.0 Å². The number of sulfonamides is 1. The van der Waals surface area contributed by atoms with Crippen LogP contribution in [0.4, 0.5) is 17.3 Å². The van der Waals surface area contributed by atoms with Crippen molar-refractivity contribution in [2.75, 3.05) is 60.5 Å². The lowest BCUT2D eigenvalue weighted by Gasteiger charge is -2.35. The highest BCUT2D eigenvalue weighted by molar-refractivity contribution is 7.92. The molecule has 0 saturated carbocycles. The molecule has 2 atom stereocenters. The molecule has 6 rings (SSSR count). The van der Waals surface area contributed by atoms with Gasteiger partial charge in [-0.1, -0.05) is 11.6 Å². The zero-order chi connectivity index (χ0) is 28.0. The number of benzene rings is 1. The van der Waals surface area contributed by atoms with E-state index in [-0.39, 0.29) is 23.2 Å². The maximum absolute atomic E-state index is 14.0. The second kappa shape index (κ2) is 10.7. The molecule has 214 valence electrons. The van der Waals surface area contributed by atoms with Gasteiger partial charge in [0.25, 0.3) is 5.91 Å². The largest absolute Gasteiger partial charge is 0.356 e. The summed E-state index contributed by atoms with van der Waals surface area (Å²) in [6, 6.07) is 8.92. The molecule has 2 N–H and O–H groups in total. The normalized spacial score (nSPS) is 21.6. The summed E-state index contributed by atoms with van der Waals surface area (Å²) in [5.74, 6) is 1.69. The molecular weight excluding hydrogens is 552 g/mol. The van der Waals surface area contributed by atoms with Gasteiger partial charge in [-0.3, -0.25) is 9.52 Å². The Labute approximate surface area is 239 Å². The van der Waals surface area contributed by atoms with Crippen molar-refractivity contribution in [3.63, 3.8) is 0 Å². The molecule has 13 heteroatoms. The molecule has 2 unspecified atom stereocenters. The molecule has 3 aliphatic heterocycles. The summed E-state index contributed by atoms with van der Waals surface area (Å²) in [6.45, 7) is 4.35. The topological polar surface area (TPSA) is 115 Å². The minimum atomic E-state index is -3.59. The highest BCUT2D eigenvalue weighted by Crippen LogP contribution is 2.36. The van der Waals surface area contributed by atoms with Crippen LogP contribution in [0.2, 0.25) is 5.02 Å². The Morgan fingerprint density at radius 1 is 1.02 bits per heavy atom. The molecule has 1 amide bonds. The van der Waals surface area contributed by atoms with Crippen molar-refractivity contribution in [1.29, 1.82) is 0 Å². The number of piperidine rings is 1. The number of hydrogen-bond donors (Lipinski definition) is 2. The fourth-order valence-electron chi connectivity index (χ4n) is 5.88. The van der Waals surface area contributed by atoms with Gasteiger partial charge >= 0.3 is 0 Å². The SMILES string of the molecule is CNC1CCN(c2cc(N3CCC3)nc3cc(C4CCCCN4C(=O)c4cc(Cl)ccc4NS(C)(=O)=O)nn23)C1. The van der Waals surface area contributed by atoms with Crippen LogP contribution in [0.3, 0.4) is 0 Å². The number of anilines is 3. The number of likely N-dealkylation sites (N-methyl/N-ethyl adjacent to an activating group) is 1. The number of nitrogens with one attached hydrogen (secondary N) is 2. The van der Waals surface area contributed by atoms with Crippen LogP contribution in [-0.4, -0.2) is 85.9 Å². The van der Waals surface area contributed by atoms with Crippen LogP contribution < -0.4 is 19.8 Å². The van der Waals surface area contributed by atoms with Gasteiger partial charge in [0, 0.05) is 55.9 Å². The monoisotopic (exact) mass is 586 g/mol. The Hall–Kier alpha value is -3.09. The summed E-state index contributed by atoms with van der Waals surface area (Å²) in [5.41, 5.74) is 1.99. The van der Waals surface area contributed by atoms with Crippen molar-refractivity contribution in [3.05, 3.63) is 46.6 Å². The van der Waals surface area contributed by atoms with E-state index >= 15 is 0 Å². The molecule has 11 nitrogen and oxygen atoms in total. The fourth-order valence-corrected chi connectivity index (χ4v) is 6.63. The predicted octanol–water partition coefficient (Wildman–Crippen LogP) is 3.13. The van der Waals surface area contributed by atoms with Crippen LogP contribution in [-0.2, 0) is 10.0 Å². The second-order valence-electron chi connectivity index (χ2n) is 10.9. The highest BCUT2D eigenvalue weighted by Gasteiger charge is 2.33. The first-order valence-corrected chi connectivity index (χ1v) is 16.1. The van der Waals surface area contributed by atoms with E-state index in [4.69, 9.17) is 21.7 Å². The van der Waals surface area contributed by atoms with E-state index in [1.165, 1.54) is 12.1 Å². The van der Waals surface area contributed by atoms with E-state index in [1.807, 2.05) is 17.6 Å². The van der Waals surface area contributed by atoms with Crippen molar-refractivity contribution in [1.82, 2.24) is 24.8 Å². The lowest BCUT2D eigenvalue weighted by atomic mass is 9.98. The Balaban J connectivity index is 1.38. The summed E-state index contributed by atoms with van der Waals surface area (Å²) in [4.78, 5) is 25.4. The van der Waals surface area contributed by atoms with Gasteiger partial charge in [0.05, 0.1) is 29.2 Å². The molecule has 3 saturated heterocycles. The van der Waals surface area contributed by atoms with Crippen molar-refractivity contribution in [2.24, 2.45) is 0 Å². The number of halogens is 1. The second-order valence-corrected chi connectivity index (χ2v) is 13.1. The lowest BCUT2D eigenvalue weighted by molar-refractivity contribution is 0.0607. The Morgan fingerprint density at radius 3 is 2.55 bits per heavy atom. The summed E-state index contributed by atoms with van der Waals surface area (Å²) < 4.78 is 28.4. The van der Waals surface area contributed by atoms with E-state index in [2.05, 4.69) is 25.9 Å². The summed E-state index contributed by atoms with van der Waals surface area (Å²) in [5, 5.41) is 8.80. The minimum absolute atomic E-state index is 0.215. The summed E-state index contributed by atoms with van der Waals surface area (Å²) >= 11 is 6.25. The van der Waals surface area contributed by atoms with Crippen molar-refractivity contribution >= 4 is 50.5 Å². The molecule has 0 bridgehead atoms. The number of carbonyl (C=O) groups is 1. The van der Waals surface area contributed by atoms with Crippen LogP contribution in [0.1, 0.15) is 54.2 Å². The number of rotatable bonds is 7. The quantitative estimate of drug-likeness (QED) is 0.434. The van der Waals surface area contributed by atoms with Gasteiger partial charge in [-0.25, -0.2) is 13.4 Å². The molecule has 3 aromatic rings. The average Bonchev–Trinajstić information content (AvgIpc) is 3.54. The van der Waals surface area contributed by atoms with Gasteiger partial charge in [0.2, 0.25) is 10.0 Å². The van der Waals surface area contributed by atoms with Crippen LogP contribution in [0.15, 0.2) is 30.3 Å². The molecule has 3 fully saturated rings. The standard InChI is InChI=1S/C27H35ClN8O3S/c1-29-19-9-13-34(17-19)26-16-24(33-10-5-11-33)30-25-15-22(31-36(25)26)23-6-3-4-12-35(23)27(37)20-14-18(28)7-8-21(20)32-40(2,38)39/h7-8,14-16,19,23,29,32H,3-6,9-13,17H2,1-2H3. The smallest absolute Gasteiger partial charge is 0.256 e. The molecule has 0 radical (unpaired) electrons. The van der Waals surface area contributed by atoms with Crippen molar-refractivity contribution < 1.29 is 13.2 Å². The van der Waals surface area contributed by atoms with Crippen LogP contribution in [0.25, 0.3) is 5.65 Å². The Bertz CT molecular complexity index is 1540. The lowest BCUT2D eigenvalue weighted by Crippen LogP contribution is -2.39. The summed E-state index contributed by atoms with van der Waals surface area (Å²) in [7, 11) is -1.59. The van der Waals surface area contributed by atoms with E-state index in [0.717, 1.165) is 87.5 Å². The third-order valence-electron chi connectivity index (χ3n) is 8.13. The number of fused-ring (bicyclic) bond motifs is 1. The molecule has 0 spiro atoms. The van der Waals surface area contributed by atoms with E-state index in [9.17, 15) is 13.2 Å². The van der Waals surface area contributed by atoms with Crippen LogP contribution >= 0.6 is 11.6 Å². The number of amides is 1. The summed E-state index contributed by atoms with van der Waals surface area (Å²) in [6.07, 6.45) is 5.85. The minimum Gasteiger partial charge on any atom is -0.356 e. The van der Waals surface area contributed by atoms with Gasteiger partial charge in [-0.05, 0) is 57.4 Å². The Morgan fingerprint density at radius 2 is 1.85 bits per heavy atom. The zero-order valence-corrected chi connectivity index (χ0v) is 24.4. The number of hydrogen-bond acceptors (Lipinski definition) is 8. The molecule has 5 heterocycles. The number of likely N-dealkylation sites (tertiary alicyclic amines) is 1. The van der Waals surface area contributed by atoms with Crippen molar-refractivity contribution in [3.8, 4) is 0 Å². The van der Waals surface area contributed by atoms with E-state index in [1.54, 1.807) is 11.0 Å². The van der Waals surface area contributed by atoms with Crippen molar-refractivity contribution in [2.45, 2.75) is 44.2 Å². The molecule has 0 aliphatic carbocycles. The third-order valence-corrected chi connectivity index (χ3v) is 8.95. The third kappa shape index (κ3) is 5.31. The van der Waals surface area contributed by atoms with Crippen LogP contribution in [0.5, 0.6) is 0 Å². The Kier molecular flexibility index (Phi) is 7.26. The number of carbonyl (C=O) groups excluding carboxylic acids is 1. The first-order valence-electron chi connectivity index (χ1n) is 13.9. The van der Waals surface area contributed by atoms with Crippen LogP contribution in [0, 0.1) is 0 Å². The van der Waals surface area contributed by atoms with Gasteiger partial charge in [0.15, 0.2) is 5.65 Å². The first-order chi connectivity index (χ1) is 19.2. The molecule has 3 aliphatic rings. The van der Waals surface area contributed by atoms with E-state index < -0.39 is 10.0 Å². The fraction of sp³-hybridized carbons (Fsp3) is 0.519. The molecule has 1 aromatic carbocycles. The molecule has 2 aromatic heterocycles. The highest BCUT2D eigenvalue weighted by atomic mass is 35.5. The average molecular weight is 587 g/mol. The van der Waals surface area contributed by atoms with Gasteiger partial charge in [-0.2, -0.15) is 9.61 Å². The predicted molar refractivity (Wildman–Crippen MR) is 157 cm³/mol. The van der Waals surface area contributed by atoms with E-state index in [0.29, 0.717) is 17.6 Å². The number of aromatic nitrogens is 3. The maximum atomic E-state index is 14.0. The zero-order valence-electron chi connectivity index (χ0n) is 22.8.